The van der Waals surface area contributed by atoms with E-state index in [9.17, 15) is 4.79 Å². The molecule has 2 aromatic rings. The molecule has 146 valence electrons. The van der Waals surface area contributed by atoms with Crippen molar-refractivity contribution in [3.63, 3.8) is 0 Å². The van der Waals surface area contributed by atoms with Crippen molar-refractivity contribution in [3.05, 3.63) is 47.5 Å². The van der Waals surface area contributed by atoms with Crippen LogP contribution in [0, 0.1) is 6.92 Å². The minimum atomic E-state index is -0.0585. The Bertz CT molecular complexity index is 741. The van der Waals surface area contributed by atoms with Crippen molar-refractivity contribution in [2.24, 2.45) is 0 Å². The zero-order chi connectivity index (χ0) is 19.2. The van der Waals surface area contributed by atoms with E-state index < -0.39 is 0 Å². The molecule has 0 aromatic carbocycles. The molecule has 1 atom stereocenters. The van der Waals surface area contributed by atoms with Gasteiger partial charge in [0, 0.05) is 25.8 Å². The van der Waals surface area contributed by atoms with E-state index in [-0.39, 0.29) is 5.91 Å². The number of rotatable bonds is 7. The van der Waals surface area contributed by atoms with E-state index in [1.165, 1.54) is 19.3 Å². The Morgan fingerprint density at radius 3 is 2.85 bits per heavy atom. The number of anilines is 1. The average molecular weight is 370 g/mol. The highest BCUT2D eigenvalue weighted by Crippen LogP contribution is 2.17. The first kappa shape index (κ1) is 19.4. The minimum Gasteiger partial charge on any atom is -0.464 e. The SMILES string of the molecule is Cc1ccc(CN(C)c2ccc(C(=O)NCC[C@H]3CCCCN3C)cn2)o1. The van der Waals surface area contributed by atoms with Crippen LogP contribution in [-0.2, 0) is 6.54 Å². The maximum absolute atomic E-state index is 12.3. The summed E-state index contributed by atoms with van der Waals surface area (Å²) in [6, 6.07) is 8.21. The standard InChI is InChI=1S/C21H30N4O2/c1-16-7-9-19(27-16)15-25(3)20-10-8-17(14-23-20)21(26)22-12-11-18-6-4-5-13-24(18)2/h7-10,14,18H,4-6,11-13,15H2,1-3H3,(H,22,26)/t18-/m1/s1. The van der Waals surface area contributed by atoms with Gasteiger partial charge < -0.3 is 19.5 Å². The summed E-state index contributed by atoms with van der Waals surface area (Å²) < 4.78 is 5.60. The Labute approximate surface area is 161 Å². The number of carbonyl (C=O) groups is 1. The number of hydrogen-bond donors (Lipinski definition) is 1. The van der Waals surface area contributed by atoms with Crippen molar-refractivity contribution in [1.82, 2.24) is 15.2 Å². The topological polar surface area (TPSA) is 61.6 Å². The maximum Gasteiger partial charge on any atom is 0.252 e. The van der Waals surface area contributed by atoms with Gasteiger partial charge in [0.15, 0.2) is 0 Å². The van der Waals surface area contributed by atoms with Crippen LogP contribution in [0.1, 0.15) is 47.6 Å². The summed E-state index contributed by atoms with van der Waals surface area (Å²) in [6.07, 6.45) is 6.44. The van der Waals surface area contributed by atoms with Crippen LogP contribution in [0.2, 0.25) is 0 Å². The first-order valence-electron chi connectivity index (χ1n) is 9.74. The smallest absolute Gasteiger partial charge is 0.252 e. The number of hydrogen-bond acceptors (Lipinski definition) is 5. The van der Waals surface area contributed by atoms with E-state index in [0.717, 1.165) is 30.3 Å². The maximum atomic E-state index is 12.3. The van der Waals surface area contributed by atoms with Gasteiger partial charge in [-0.15, -0.1) is 0 Å². The van der Waals surface area contributed by atoms with Gasteiger partial charge in [-0.3, -0.25) is 4.79 Å². The quantitative estimate of drug-likeness (QED) is 0.811. The monoisotopic (exact) mass is 370 g/mol. The zero-order valence-electron chi connectivity index (χ0n) is 16.6. The fourth-order valence-electron chi connectivity index (χ4n) is 3.59. The number of aromatic nitrogens is 1. The first-order chi connectivity index (χ1) is 13.0. The van der Waals surface area contributed by atoms with Gasteiger partial charge in [-0.25, -0.2) is 4.98 Å². The number of carbonyl (C=O) groups excluding carboxylic acids is 1. The highest BCUT2D eigenvalue weighted by molar-refractivity contribution is 5.94. The van der Waals surface area contributed by atoms with Gasteiger partial charge >= 0.3 is 0 Å². The number of aryl methyl sites for hydroxylation is 1. The Kier molecular flexibility index (Phi) is 6.50. The highest BCUT2D eigenvalue weighted by Gasteiger charge is 2.18. The van der Waals surface area contributed by atoms with Gasteiger partial charge in [0.1, 0.15) is 17.3 Å². The number of amides is 1. The summed E-state index contributed by atoms with van der Waals surface area (Å²) in [5.41, 5.74) is 0.595. The summed E-state index contributed by atoms with van der Waals surface area (Å²) in [5.74, 6) is 2.55. The molecule has 6 nitrogen and oxygen atoms in total. The third-order valence-electron chi connectivity index (χ3n) is 5.27. The molecule has 1 N–H and O–H groups in total. The Morgan fingerprint density at radius 2 is 2.19 bits per heavy atom. The fourth-order valence-corrected chi connectivity index (χ4v) is 3.59. The van der Waals surface area contributed by atoms with Crippen LogP contribution in [0.4, 0.5) is 5.82 Å². The summed E-state index contributed by atoms with van der Waals surface area (Å²) >= 11 is 0. The molecule has 0 aliphatic carbocycles. The molecule has 1 aliphatic heterocycles. The summed E-state index contributed by atoms with van der Waals surface area (Å²) in [5, 5.41) is 3.02. The van der Waals surface area contributed by atoms with Crippen LogP contribution in [-0.4, -0.2) is 49.0 Å². The Balaban J connectivity index is 1.48. The normalized spacial score (nSPS) is 17.7. The van der Waals surface area contributed by atoms with E-state index in [1.54, 1.807) is 6.20 Å². The molecule has 0 unspecified atom stereocenters. The number of furan rings is 1. The van der Waals surface area contributed by atoms with Crippen molar-refractivity contribution in [2.45, 2.75) is 45.2 Å². The lowest BCUT2D eigenvalue weighted by Gasteiger charge is -2.32. The third-order valence-corrected chi connectivity index (χ3v) is 5.27. The second-order valence-electron chi connectivity index (χ2n) is 7.45. The molecular formula is C21H30N4O2. The van der Waals surface area contributed by atoms with Crippen LogP contribution in [0.15, 0.2) is 34.9 Å². The van der Waals surface area contributed by atoms with Crippen LogP contribution in [0.25, 0.3) is 0 Å². The Hall–Kier alpha value is -2.34. The van der Waals surface area contributed by atoms with E-state index >= 15 is 0 Å². The van der Waals surface area contributed by atoms with Crippen LogP contribution in [0.3, 0.4) is 0 Å². The number of likely N-dealkylation sites (tertiary alicyclic amines) is 1. The molecule has 2 aromatic heterocycles. The van der Waals surface area contributed by atoms with Gasteiger partial charge in [-0.2, -0.15) is 0 Å². The molecule has 1 fully saturated rings. The minimum absolute atomic E-state index is 0.0585. The van der Waals surface area contributed by atoms with Gasteiger partial charge in [0.2, 0.25) is 0 Å². The van der Waals surface area contributed by atoms with E-state index in [0.29, 0.717) is 24.7 Å². The lowest BCUT2D eigenvalue weighted by molar-refractivity contribution is 0.0945. The molecule has 0 radical (unpaired) electrons. The molecule has 0 spiro atoms. The van der Waals surface area contributed by atoms with Crippen molar-refractivity contribution in [3.8, 4) is 0 Å². The summed E-state index contributed by atoms with van der Waals surface area (Å²) in [6.45, 7) is 4.44. The molecule has 1 aliphatic rings. The number of piperidine rings is 1. The second-order valence-corrected chi connectivity index (χ2v) is 7.45. The van der Waals surface area contributed by atoms with Crippen molar-refractivity contribution in [2.75, 3.05) is 32.1 Å². The van der Waals surface area contributed by atoms with Crippen LogP contribution < -0.4 is 10.2 Å². The highest BCUT2D eigenvalue weighted by atomic mass is 16.3. The van der Waals surface area contributed by atoms with Gasteiger partial charge in [0.25, 0.3) is 5.91 Å². The molecule has 0 saturated carbocycles. The van der Waals surface area contributed by atoms with Gasteiger partial charge in [0.05, 0.1) is 12.1 Å². The van der Waals surface area contributed by atoms with Crippen molar-refractivity contribution < 1.29 is 9.21 Å². The average Bonchev–Trinajstić information content (AvgIpc) is 3.08. The zero-order valence-corrected chi connectivity index (χ0v) is 16.6. The molecule has 0 bridgehead atoms. The van der Waals surface area contributed by atoms with Crippen molar-refractivity contribution >= 4 is 11.7 Å². The predicted octanol–water partition coefficient (Wildman–Crippen LogP) is 3.22. The second kappa shape index (κ2) is 9.04. The first-order valence-corrected chi connectivity index (χ1v) is 9.74. The molecule has 27 heavy (non-hydrogen) atoms. The van der Waals surface area contributed by atoms with E-state index in [2.05, 4.69) is 22.2 Å². The summed E-state index contributed by atoms with van der Waals surface area (Å²) in [4.78, 5) is 21.2. The largest absolute Gasteiger partial charge is 0.464 e. The van der Waals surface area contributed by atoms with Crippen LogP contribution >= 0.6 is 0 Å². The van der Waals surface area contributed by atoms with Gasteiger partial charge in [-0.1, -0.05) is 6.42 Å². The molecule has 6 heteroatoms. The number of nitrogens with one attached hydrogen (secondary N) is 1. The number of nitrogens with zero attached hydrogens (tertiary/aromatic N) is 3. The van der Waals surface area contributed by atoms with E-state index in [1.807, 2.05) is 43.1 Å². The Morgan fingerprint density at radius 1 is 1.33 bits per heavy atom. The molecule has 3 heterocycles. The fraction of sp³-hybridized carbons (Fsp3) is 0.524. The molecule has 1 saturated heterocycles. The molecular weight excluding hydrogens is 340 g/mol. The third kappa shape index (κ3) is 5.32. The van der Waals surface area contributed by atoms with Crippen molar-refractivity contribution in [1.29, 1.82) is 0 Å². The lowest BCUT2D eigenvalue weighted by atomic mass is 10.0. The lowest BCUT2D eigenvalue weighted by Crippen LogP contribution is -2.39. The number of pyridine rings is 1. The summed E-state index contributed by atoms with van der Waals surface area (Å²) in [7, 11) is 4.13. The van der Waals surface area contributed by atoms with Crippen LogP contribution in [0.5, 0.6) is 0 Å². The molecule has 1 amide bonds. The van der Waals surface area contributed by atoms with Gasteiger partial charge in [-0.05, 0) is 64.0 Å². The van der Waals surface area contributed by atoms with E-state index in [4.69, 9.17) is 4.42 Å². The molecule has 3 rings (SSSR count). The predicted molar refractivity (Wildman–Crippen MR) is 107 cm³/mol.